The van der Waals surface area contributed by atoms with Crippen LogP contribution in [0.5, 0.6) is 0 Å². The van der Waals surface area contributed by atoms with Crippen LogP contribution in [-0.2, 0) is 14.6 Å². The number of hydrogen-bond acceptors (Lipinski definition) is 4. The van der Waals surface area contributed by atoms with Gasteiger partial charge in [-0.15, -0.1) is 0 Å². The predicted octanol–water partition coefficient (Wildman–Crippen LogP) is 3.85. The van der Waals surface area contributed by atoms with Crippen molar-refractivity contribution in [3.05, 3.63) is 65.7 Å². The number of carbonyl (C=O) groups is 1. The van der Waals surface area contributed by atoms with Crippen LogP contribution in [0.3, 0.4) is 0 Å². The molecule has 1 unspecified atom stereocenters. The number of amides is 1. The topological polar surface area (TPSA) is 66.5 Å². The van der Waals surface area contributed by atoms with E-state index in [2.05, 4.69) is 17.2 Å². The van der Waals surface area contributed by atoms with Gasteiger partial charge in [-0.25, -0.2) is 8.42 Å². The first-order chi connectivity index (χ1) is 15.5. The third-order valence-electron chi connectivity index (χ3n) is 6.29. The molecule has 0 aromatic heterocycles. The van der Waals surface area contributed by atoms with E-state index in [-0.39, 0.29) is 36.0 Å². The van der Waals surface area contributed by atoms with E-state index in [1.54, 1.807) is 0 Å². The minimum absolute atomic E-state index is 0.0141. The number of benzene rings is 2. The monoisotopic (exact) mass is 450 g/mol. The zero-order valence-corrected chi connectivity index (χ0v) is 19.1. The molecule has 5 nitrogen and oxygen atoms in total. The van der Waals surface area contributed by atoms with Crippen molar-refractivity contribution in [3.8, 4) is 11.8 Å². The van der Waals surface area contributed by atoms with E-state index < -0.39 is 9.84 Å². The number of carbonyl (C=O) groups excluding carboxylic acids is 1. The van der Waals surface area contributed by atoms with Gasteiger partial charge in [0.2, 0.25) is 5.91 Å². The first kappa shape index (κ1) is 22.4. The van der Waals surface area contributed by atoms with Gasteiger partial charge >= 0.3 is 0 Å². The third-order valence-corrected chi connectivity index (χ3v) is 8.04. The number of anilines is 1. The zero-order chi connectivity index (χ0) is 22.4. The van der Waals surface area contributed by atoms with Gasteiger partial charge in [-0.3, -0.25) is 4.79 Å². The minimum atomic E-state index is -3.04. The second-order valence-corrected chi connectivity index (χ2v) is 10.9. The predicted molar refractivity (Wildman–Crippen MR) is 128 cm³/mol. The van der Waals surface area contributed by atoms with Crippen LogP contribution in [0, 0.1) is 11.8 Å². The first-order valence-electron chi connectivity index (χ1n) is 11.4. The fraction of sp³-hybridized carbons (Fsp3) is 0.423. The molecule has 2 aromatic rings. The van der Waals surface area contributed by atoms with Crippen LogP contribution in [0.25, 0.3) is 0 Å². The van der Waals surface area contributed by atoms with Crippen molar-refractivity contribution in [3.63, 3.8) is 0 Å². The smallest absolute Gasteiger partial charge is 0.242 e. The van der Waals surface area contributed by atoms with Gasteiger partial charge in [-0.1, -0.05) is 55.4 Å². The maximum atomic E-state index is 13.3. The Balaban J connectivity index is 1.43. The van der Waals surface area contributed by atoms with Crippen LogP contribution >= 0.6 is 0 Å². The van der Waals surface area contributed by atoms with E-state index in [0.29, 0.717) is 6.42 Å². The summed E-state index contributed by atoms with van der Waals surface area (Å²) in [6.07, 6.45) is 5.87. The summed E-state index contributed by atoms with van der Waals surface area (Å²) in [5.74, 6) is 6.58. The molecule has 1 heterocycles. The lowest BCUT2D eigenvalue weighted by molar-refractivity contribution is -0.134. The highest BCUT2D eigenvalue weighted by Crippen LogP contribution is 2.28. The molecule has 2 fully saturated rings. The summed E-state index contributed by atoms with van der Waals surface area (Å²) in [5.41, 5.74) is 2.66. The standard InChI is InChI=1S/C26H30N2O3S/c29-26(28(24-12-5-2-6-13-24)25-16-17-32(30,31)20-25)19-27-23-11-7-10-22(18-23)15-14-21-8-3-1-4-9-21/h1,3-4,7-11,18,24-25,27H,2,5-6,12-13,16-17,19-20H2. The van der Waals surface area contributed by atoms with Crippen LogP contribution in [0.2, 0.25) is 0 Å². The molecule has 1 aliphatic heterocycles. The van der Waals surface area contributed by atoms with Crippen LogP contribution in [0.15, 0.2) is 54.6 Å². The minimum Gasteiger partial charge on any atom is -0.376 e. The first-order valence-corrected chi connectivity index (χ1v) is 13.2. The molecule has 1 amide bonds. The average molecular weight is 451 g/mol. The van der Waals surface area contributed by atoms with Crippen LogP contribution in [-0.4, -0.2) is 49.4 Å². The average Bonchev–Trinajstić information content (AvgIpc) is 3.17. The van der Waals surface area contributed by atoms with Crippen LogP contribution < -0.4 is 5.32 Å². The van der Waals surface area contributed by atoms with Gasteiger partial charge in [0.25, 0.3) is 0 Å². The highest BCUT2D eigenvalue weighted by molar-refractivity contribution is 7.91. The maximum absolute atomic E-state index is 13.3. The Kier molecular flexibility index (Phi) is 7.16. The summed E-state index contributed by atoms with van der Waals surface area (Å²) < 4.78 is 24.1. The number of nitrogens with one attached hydrogen (secondary N) is 1. The molecule has 1 atom stereocenters. The van der Waals surface area contributed by atoms with Crippen LogP contribution in [0.4, 0.5) is 5.69 Å². The van der Waals surface area contributed by atoms with Crippen molar-refractivity contribution in [2.45, 2.75) is 50.6 Å². The van der Waals surface area contributed by atoms with Gasteiger partial charge in [-0.2, -0.15) is 0 Å². The van der Waals surface area contributed by atoms with Gasteiger partial charge in [0.1, 0.15) is 0 Å². The second kappa shape index (κ2) is 10.2. The summed E-state index contributed by atoms with van der Waals surface area (Å²) in [4.78, 5) is 15.1. The lowest BCUT2D eigenvalue weighted by Gasteiger charge is -2.38. The van der Waals surface area contributed by atoms with Gasteiger partial charge in [-0.05, 0) is 49.6 Å². The summed E-state index contributed by atoms with van der Waals surface area (Å²) in [7, 11) is -3.04. The van der Waals surface area contributed by atoms with Gasteiger partial charge in [0.15, 0.2) is 9.84 Å². The highest BCUT2D eigenvalue weighted by atomic mass is 32.2. The third kappa shape index (κ3) is 5.92. The summed E-state index contributed by atoms with van der Waals surface area (Å²) in [6, 6.07) is 17.5. The fourth-order valence-corrected chi connectivity index (χ4v) is 6.41. The SMILES string of the molecule is O=C(CNc1cccc(C#Cc2ccccc2)c1)N(C1CCCCC1)C1CCS(=O)(=O)C1. The Morgan fingerprint density at radius 1 is 0.906 bits per heavy atom. The van der Waals surface area contributed by atoms with Gasteiger partial charge < -0.3 is 10.2 Å². The van der Waals surface area contributed by atoms with Crippen molar-refractivity contribution in [2.75, 3.05) is 23.4 Å². The Morgan fingerprint density at radius 3 is 2.34 bits per heavy atom. The molecular weight excluding hydrogens is 420 g/mol. The van der Waals surface area contributed by atoms with E-state index in [1.165, 1.54) is 6.42 Å². The molecule has 4 rings (SSSR count). The molecule has 0 bridgehead atoms. The Labute approximate surface area is 191 Å². The molecule has 1 N–H and O–H groups in total. The lowest BCUT2D eigenvalue weighted by atomic mass is 9.93. The normalized spacial score (nSPS) is 20.2. The maximum Gasteiger partial charge on any atom is 0.242 e. The van der Waals surface area contributed by atoms with E-state index in [4.69, 9.17) is 0 Å². The number of nitrogens with zero attached hydrogens (tertiary/aromatic N) is 1. The Morgan fingerprint density at radius 2 is 1.62 bits per heavy atom. The van der Waals surface area contributed by atoms with Crippen LogP contribution in [0.1, 0.15) is 49.7 Å². The van der Waals surface area contributed by atoms with Crippen molar-refractivity contribution in [1.29, 1.82) is 0 Å². The largest absolute Gasteiger partial charge is 0.376 e. The molecule has 1 aliphatic carbocycles. The van der Waals surface area contributed by atoms with E-state index in [0.717, 1.165) is 42.5 Å². The molecule has 32 heavy (non-hydrogen) atoms. The Bertz CT molecular complexity index is 1100. The van der Waals surface area contributed by atoms with Gasteiger partial charge in [0.05, 0.1) is 18.1 Å². The van der Waals surface area contributed by atoms with Crippen molar-refractivity contribution in [1.82, 2.24) is 4.90 Å². The molecule has 1 saturated heterocycles. The molecule has 168 valence electrons. The van der Waals surface area contributed by atoms with Crippen molar-refractivity contribution in [2.24, 2.45) is 0 Å². The summed E-state index contributed by atoms with van der Waals surface area (Å²) in [6.45, 7) is 0.155. The number of sulfone groups is 1. The van der Waals surface area contributed by atoms with E-state index >= 15 is 0 Å². The summed E-state index contributed by atoms with van der Waals surface area (Å²) in [5, 5.41) is 3.24. The molecular formula is C26H30N2O3S. The highest BCUT2D eigenvalue weighted by Gasteiger charge is 2.38. The Hall–Kier alpha value is -2.78. The number of rotatable bonds is 5. The zero-order valence-electron chi connectivity index (χ0n) is 18.3. The summed E-state index contributed by atoms with van der Waals surface area (Å²) >= 11 is 0. The molecule has 2 aliphatic rings. The molecule has 0 spiro atoms. The molecule has 2 aromatic carbocycles. The quantitative estimate of drug-likeness (QED) is 0.703. The molecule has 0 radical (unpaired) electrons. The molecule has 6 heteroatoms. The number of hydrogen-bond donors (Lipinski definition) is 1. The van der Waals surface area contributed by atoms with Crippen molar-refractivity contribution >= 4 is 21.4 Å². The molecule has 1 saturated carbocycles. The van der Waals surface area contributed by atoms with E-state index in [1.807, 2.05) is 59.5 Å². The second-order valence-electron chi connectivity index (χ2n) is 8.70. The van der Waals surface area contributed by atoms with Gasteiger partial charge in [0, 0.05) is 28.9 Å². The lowest BCUT2D eigenvalue weighted by Crippen LogP contribution is -2.50. The van der Waals surface area contributed by atoms with E-state index in [9.17, 15) is 13.2 Å². The van der Waals surface area contributed by atoms with Crippen molar-refractivity contribution < 1.29 is 13.2 Å². The fourth-order valence-electron chi connectivity index (χ4n) is 4.70.